The van der Waals surface area contributed by atoms with Crippen LogP contribution in [0.25, 0.3) is 0 Å². The molecule has 2 aliphatic rings. The minimum Gasteiger partial charge on any atom is -0.334 e. The maximum Gasteiger partial charge on any atom is 0.315 e. The Balaban J connectivity index is 1.35. The molecule has 1 fully saturated rings. The molecule has 4 rings (SSSR count). The smallest absolute Gasteiger partial charge is 0.315 e. The van der Waals surface area contributed by atoms with Gasteiger partial charge in [-0.1, -0.05) is 23.7 Å². The van der Waals surface area contributed by atoms with Gasteiger partial charge in [0.25, 0.3) is 5.91 Å². The highest BCUT2D eigenvalue weighted by molar-refractivity contribution is 7.12. The van der Waals surface area contributed by atoms with Crippen LogP contribution in [0.3, 0.4) is 0 Å². The summed E-state index contributed by atoms with van der Waals surface area (Å²) in [4.78, 5) is 51.2. The van der Waals surface area contributed by atoms with Crippen molar-refractivity contribution in [2.75, 3.05) is 0 Å². The predicted molar refractivity (Wildman–Crippen MR) is 120 cm³/mol. The molecule has 0 aliphatic carbocycles. The van der Waals surface area contributed by atoms with Crippen molar-refractivity contribution in [3.05, 3.63) is 55.7 Å². The van der Waals surface area contributed by atoms with Gasteiger partial charge in [0.1, 0.15) is 6.04 Å². The molecule has 5 amide bonds. The van der Waals surface area contributed by atoms with Crippen LogP contribution < -0.4 is 16.0 Å². The Morgan fingerprint density at radius 1 is 1.25 bits per heavy atom. The number of aryl methyl sites for hydroxylation is 1. The van der Waals surface area contributed by atoms with Crippen molar-refractivity contribution in [1.29, 1.82) is 0 Å². The van der Waals surface area contributed by atoms with Crippen LogP contribution in [0.5, 0.6) is 0 Å². The molecule has 1 aromatic heterocycles. The zero-order valence-corrected chi connectivity index (χ0v) is 19.1. The molecular formula is C22H23ClN4O4S. The van der Waals surface area contributed by atoms with E-state index in [0.717, 1.165) is 22.3 Å². The number of halogens is 1. The molecule has 0 radical (unpaired) electrons. The molecule has 1 atom stereocenters. The zero-order valence-electron chi connectivity index (χ0n) is 17.5. The number of hydrogen-bond acceptors (Lipinski definition) is 5. The number of imide groups is 1. The standard InChI is InChI=1S/C22H23ClN4O4S/c1-12-5-6-13(7-16(12)23)8-24-22(31)25-9-14-11-32-19-15(14)10-27(21(19)30)17-3-2-4-18(28)26-20(17)29/h5-7,11,17H,2-4,8-10H2,1H3,(H2,24,25,31)(H,26,28,29). The Kier molecular flexibility index (Phi) is 6.48. The highest BCUT2D eigenvalue weighted by Crippen LogP contribution is 2.34. The van der Waals surface area contributed by atoms with Crippen LogP contribution in [-0.2, 0) is 29.2 Å². The number of nitrogens with one attached hydrogen (secondary N) is 3. The molecule has 1 saturated heterocycles. The maximum absolute atomic E-state index is 12.9. The van der Waals surface area contributed by atoms with Gasteiger partial charge in [0.2, 0.25) is 11.8 Å². The molecule has 2 aromatic rings. The maximum atomic E-state index is 12.9. The Morgan fingerprint density at radius 3 is 2.81 bits per heavy atom. The molecule has 32 heavy (non-hydrogen) atoms. The second-order valence-corrected chi connectivity index (χ2v) is 9.23. The van der Waals surface area contributed by atoms with Gasteiger partial charge in [0, 0.05) is 36.6 Å². The fourth-order valence-corrected chi connectivity index (χ4v) is 5.12. The summed E-state index contributed by atoms with van der Waals surface area (Å²) in [5.74, 6) is -0.930. The zero-order chi connectivity index (χ0) is 22.8. The number of rotatable bonds is 5. The number of carbonyl (C=O) groups is 4. The second kappa shape index (κ2) is 9.30. The normalized spacial score (nSPS) is 18.2. The van der Waals surface area contributed by atoms with Crippen molar-refractivity contribution in [3.63, 3.8) is 0 Å². The van der Waals surface area contributed by atoms with Crippen LogP contribution in [-0.4, -0.2) is 34.7 Å². The minimum atomic E-state index is -0.654. The van der Waals surface area contributed by atoms with E-state index in [1.165, 1.54) is 16.2 Å². The van der Waals surface area contributed by atoms with Crippen molar-refractivity contribution in [2.45, 2.75) is 51.9 Å². The first-order valence-corrected chi connectivity index (χ1v) is 11.6. The van der Waals surface area contributed by atoms with E-state index in [9.17, 15) is 19.2 Å². The molecule has 8 nitrogen and oxygen atoms in total. The number of amides is 5. The van der Waals surface area contributed by atoms with E-state index in [2.05, 4.69) is 16.0 Å². The third kappa shape index (κ3) is 4.63. The molecule has 10 heteroatoms. The van der Waals surface area contributed by atoms with Crippen LogP contribution in [0.15, 0.2) is 23.6 Å². The van der Waals surface area contributed by atoms with Crippen molar-refractivity contribution in [3.8, 4) is 0 Å². The first kappa shape index (κ1) is 22.3. The first-order chi connectivity index (χ1) is 15.3. The fourth-order valence-electron chi connectivity index (χ4n) is 3.88. The summed E-state index contributed by atoms with van der Waals surface area (Å²) in [7, 11) is 0. The SMILES string of the molecule is Cc1ccc(CNC(=O)NCc2csc3c2CN(C2CCCC(=O)NC2=O)C3=O)cc1Cl. The van der Waals surface area contributed by atoms with Gasteiger partial charge in [-0.3, -0.25) is 19.7 Å². The molecule has 3 heterocycles. The van der Waals surface area contributed by atoms with Gasteiger partial charge in [0.15, 0.2) is 0 Å². The van der Waals surface area contributed by atoms with Crippen LogP contribution >= 0.6 is 22.9 Å². The van der Waals surface area contributed by atoms with Crippen molar-refractivity contribution >= 4 is 46.7 Å². The topological polar surface area (TPSA) is 108 Å². The predicted octanol–water partition coefficient (Wildman–Crippen LogP) is 2.86. The lowest BCUT2D eigenvalue weighted by Crippen LogP contribution is -2.47. The lowest BCUT2D eigenvalue weighted by Gasteiger charge is -2.25. The van der Waals surface area contributed by atoms with Gasteiger partial charge in [-0.2, -0.15) is 0 Å². The number of fused-ring (bicyclic) bond motifs is 1. The monoisotopic (exact) mass is 474 g/mol. The summed E-state index contributed by atoms with van der Waals surface area (Å²) in [6.07, 6.45) is 1.29. The van der Waals surface area contributed by atoms with Crippen LogP contribution in [0, 0.1) is 6.92 Å². The van der Waals surface area contributed by atoms with Gasteiger partial charge < -0.3 is 15.5 Å². The van der Waals surface area contributed by atoms with E-state index in [1.807, 2.05) is 30.5 Å². The largest absolute Gasteiger partial charge is 0.334 e. The highest BCUT2D eigenvalue weighted by atomic mass is 35.5. The first-order valence-electron chi connectivity index (χ1n) is 10.3. The van der Waals surface area contributed by atoms with Crippen molar-refractivity contribution < 1.29 is 19.2 Å². The molecule has 1 unspecified atom stereocenters. The molecule has 1 aromatic carbocycles. The molecule has 0 spiro atoms. The van der Waals surface area contributed by atoms with Crippen LogP contribution in [0.1, 0.15) is 51.2 Å². The Morgan fingerprint density at radius 2 is 2.03 bits per heavy atom. The minimum absolute atomic E-state index is 0.202. The molecule has 168 valence electrons. The molecule has 0 bridgehead atoms. The second-order valence-electron chi connectivity index (χ2n) is 7.94. The van der Waals surface area contributed by atoms with Crippen LogP contribution in [0.2, 0.25) is 5.02 Å². The lowest BCUT2D eigenvalue weighted by atomic mass is 10.1. The lowest BCUT2D eigenvalue weighted by molar-refractivity contribution is -0.132. The van der Waals surface area contributed by atoms with E-state index >= 15 is 0 Å². The van der Waals surface area contributed by atoms with Gasteiger partial charge in [0.05, 0.1) is 4.88 Å². The van der Waals surface area contributed by atoms with Gasteiger partial charge in [-0.15, -0.1) is 11.3 Å². The van der Waals surface area contributed by atoms with Gasteiger partial charge in [-0.25, -0.2) is 4.79 Å². The number of benzene rings is 1. The summed E-state index contributed by atoms with van der Waals surface area (Å²) < 4.78 is 0. The summed E-state index contributed by atoms with van der Waals surface area (Å²) in [6, 6.07) is 4.65. The number of hydrogen-bond donors (Lipinski definition) is 3. The average molecular weight is 475 g/mol. The van der Waals surface area contributed by atoms with Crippen molar-refractivity contribution in [1.82, 2.24) is 20.9 Å². The quantitative estimate of drug-likeness (QED) is 0.579. The van der Waals surface area contributed by atoms with E-state index in [0.29, 0.717) is 35.8 Å². The molecule has 0 saturated carbocycles. The number of nitrogens with zero attached hydrogens (tertiary/aromatic N) is 1. The van der Waals surface area contributed by atoms with E-state index in [1.54, 1.807) is 0 Å². The third-order valence-corrected chi connectivity index (χ3v) is 7.18. The summed E-state index contributed by atoms with van der Waals surface area (Å²) in [5, 5.41) is 10.5. The summed E-state index contributed by atoms with van der Waals surface area (Å²) >= 11 is 7.43. The van der Waals surface area contributed by atoms with E-state index in [-0.39, 0.29) is 30.8 Å². The Labute approximate surface area is 194 Å². The third-order valence-electron chi connectivity index (χ3n) is 5.72. The van der Waals surface area contributed by atoms with Gasteiger partial charge >= 0.3 is 6.03 Å². The average Bonchev–Trinajstić information content (AvgIpc) is 3.24. The van der Waals surface area contributed by atoms with Crippen molar-refractivity contribution in [2.24, 2.45) is 0 Å². The Hall–Kier alpha value is -2.91. The molecule has 2 aliphatic heterocycles. The van der Waals surface area contributed by atoms with Crippen LogP contribution in [0.4, 0.5) is 4.79 Å². The number of thiophene rings is 1. The Bertz CT molecular complexity index is 1100. The van der Waals surface area contributed by atoms with E-state index < -0.39 is 11.9 Å². The number of urea groups is 1. The van der Waals surface area contributed by atoms with Gasteiger partial charge in [-0.05, 0) is 47.9 Å². The summed E-state index contributed by atoms with van der Waals surface area (Å²) in [5.41, 5.74) is 3.55. The fraction of sp³-hybridized carbons (Fsp3) is 0.364. The number of carbonyl (C=O) groups excluding carboxylic acids is 4. The molecular weight excluding hydrogens is 452 g/mol. The summed E-state index contributed by atoms with van der Waals surface area (Å²) in [6.45, 7) is 2.82. The highest BCUT2D eigenvalue weighted by Gasteiger charge is 2.39. The van der Waals surface area contributed by atoms with E-state index in [4.69, 9.17) is 11.6 Å². The molecule has 3 N–H and O–H groups in total.